The Labute approximate surface area is 194 Å². The molecule has 3 heterocycles. The van der Waals surface area contributed by atoms with Crippen LogP contribution in [0.5, 0.6) is 5.75 Å². The zero-order valence-electron chi connectivity index (χ0n) is 18.2. The number of hydrogen-bond acceptors (Lipinski definition) is 6. The van der Waals surface area contributed by atoms with Crippen molar-refractivity contribution >= 4 is 28.3 Å². The van der Waals surface area contributed by atoms with Gasteiger partial charge in [-0.3, -0.25) is 9.78 Å². The smallest absolute Gasteiger partial charge is 0.260 e. The van der Waals surface area contributed by atoms with Crippen LogP contribution in [0.4, 0.5) is 20.3 Å². The van der Waals surface area contributed by atoms with Crippen LogP contribution in [0.15, 0.2) is 60.9 Å². The van der Waals surface area contributed by atoms with Crippen molar-refractivity contribution in [1.82, 2.24) is 19.9 Å². The lowest BCUT2D eigenvalue weighted by molar-refractivity contribution is -0.132. The van der Waals surface area contributed by atoms with Crippen LogP contribution in [-0.4, -0.2) is 45.5 Å². The maximum atomic E-state index is 13.8. The highest BCUT2D eigenvalue weighted by Gasteiger charge is 2.18. The van der Waals surface area contributed by atoms with Crippen molar-refractivity contribution in [3.8, 4) is 17.1 Å². The molecule has 1 amide bonds. The average Bonchev–Trinajstić information content (AvgIpc) is 3.40. The predicted molar refractivity (Wildman–Crippen MR) is 124 cm³/mol. The van der Waals surface area contributed by atoms with Gasteiger partial charge in [-0.15, -0.1) is 0 Å². The second kappa shape index (κ2) is 9.38. The number of ether oxygens (including phenoxy) is 1. The molecule has 1 aliphatic heterocycles. The van der Waals surface area contributed by atoms with E-state index in [0.29, 0.717) is 39.5 Å². The number of carbonyl (C=O) groups excluding carboxylic acids is 1. The van der Waals surface area contributed by atoms with Crippen LogP contribution in [0.25, 0.3) is 22.3 Å². The summed E-state index contributed by atoms with van der Waals surface area (Å²) in [6, 6.07) is 12.4. The lowest BCUT2D eigenvalue weighted by atomic mass is 10.2. The molecule has 0 radical (unpaired) electrons. The van der Waals surface area contributed by atoms with Crippen molar-refractivity contribution < 1.29 is 18.3 Å². The fourth-order valence-electron chi connectivity index (χ4n) is 3.83. The highest BCUT2D eigenvalue weighted by Crippen LogP contribution is 2.30. The molecule has 34 heavy (non-hydrogen) atoms. The van der Waals surface area contributed by atoms with E-state index in [0.717, 1.165) is 38.1 Å². The number of halogens is 2. The topological polar surface area (TPSA) is 80.2 Å². The number of pyridine rings is 1. The summed E-state index contributed by atoms with van der Waals surface area (Å²) < 4.78 is 33.0. The van der Waals surface area contributed by atoms with Gasteiger partial charge in [0, 0.05) is 48.2 Å². The van der Waals surface area contributed by atoms with Crippen LogP contribution in [0, 0.1) is 11.6 Å². The second-order valence-corrected chi connectivity index (χ2v) is 7.95. The number of carbonyl (C=O) groups is 1. The van der Waals surface area contributed by atoms with E-state index >= 15 is 0 Å². The van der Waals surface area contributed by atoms with Gasteiger partial charge in [-0.1, -0.05) is 0 Å². The largest absolute Gasteiger partial charge is 0.484 e. The molecule has 0 saturated carbocycles. The van der Waals surface area contributed by atoms with E-state index in [4.69, 9.17) is 4.74 Å². The number of amides is 1. The molecule has 0 bridgehead atoms. The third-order valence-electron chi connectivity index (χ3n) is 5.59. The highest BCUT2D eigenvalue weighted by atomic mass is 19.2. The minimum absolute atomic E-state index is 0.0547. The van der Waals surface area contributed by atoms with Gasteiger partial charge in [-0.25, -0.2) is 18.7 Å². The summed E-state index contributed by atoms with van der Waals surface area (Å²) in [4.78, 5) is 27.5. The molecule has 0 spiro atoms. The van der Waals surface area contributed by atoms with E-state index in [-0.39, 0.29) is 12.5 Å². The Balaban J connectivity index is 1.50. The van der Waals surface area contributed by atoms with Crippen molar-refractivity contribution in [3.63, 3.8) is 0 Å². The van der Waals surface area contributed by atoms with Crippen LogP contribution in [0.3, 0.4) is 0 Å². The van der Waals surface area contributed by atoms with Crippen LogP contribution < -0.4 is 10.1 Å². The number of nitrogens with zero attached hydrogens (tertiary/aromatic N) is 4. The molecule has 0 atom stereocenters. The maximum Gasteiger partial charge on any atom is 0.260 e. The Morgan fingerprint density at radius 2 is 1.88 bits per heavy atom. The summed E-state index contributed by atoms with van der Waals surface area (Å²) in [5.74, 6) is -0.686. The maximum absolute atomic E-state index is 13.8. The number of aromatic nitrogens is 3. The first-order valence-corrected chi connectivity index (χ1v) is 10.9. The van der Waals surface area contributed by atoms with Crippen molar-refractivity contribution in [2.24, 2.45) is 0 Å². The standard InChI is InChI=1S/C25H21F2N5O2/c26-20-7-5-17(12-21(20)27)29-25-19-13-18(34-15-23(33)32-10-1-2-11-32)6-8-22(19)30-24(31-25)16-4-3-9-28-14-16/h3-9,12-14H,1-2,10-11,15H2,(H,29,30,31). The number of fused-ring (bicyclic) bond motifs is 1. The van der Waals surface area contributed by atoms with Crippen LogP contribution in [-0.2, 0) is 4.79 Å². The van der Waals surface area contributed by atoms with Gasteiger partial charge in [-0.2, -0.15) is 0 Å². The molecule has 1 saturated heterocycles. The van der Waals surface area contributed by atoms with Crippen LogP contribution in [0.2, 0.25) is 0 Å². The minimum atomic E-state index is -0.972. The zero-order valence-corrected chi connectivity index (χ0v) is 18.2. The number of rotatable bonds is 6. The third kappa shape index (κ3) is 4.63. The zero-order chi connectivity index (χ0) is 23.5. The van der Waals surface area contributed by atoms with Crippen molar-refractivity contribution in [2.75, 3.05) is 25.0 Å². The monoisotopic (exact) mass is 461 g/mol. The molecule has 172 valence electrons. The van der Waals surface area contributed by atoms with Crippen LogP contribution >= 0.6 is 0 Å². The Hall–Kier alpha value is -4.14. The molecule has 1 aliphatic rings. The average molecular weight is 461 g/mol. The van der Waals surface area contributed by atoms with Gasteiger partial charge in [0.15, 0.2) is 24.1 Å². The Bertz CT molecular complexity index is 1340. The SMILES string of the molecule is O=C(COc1ccc2nc(-c3cccnc3)nc(Nc3ccc(F)c(F)c3)c2c1)N1CCCC1. The van der Waals surface area contributed by atoms with E-state index in [1.807, 2.05) is 6.07 Å². The number of benzene rings is 2. The van der Waals surface area contributed by atoms with Crippen molar-refractivity contribution in [2.45, 2.75) is 12.8 Å². The molecule has 2 aromatic heterocycles. The molecule has 2 aromatic carbocycles. The molecule has 7 nitrogen and oxygen atoms in total. The lowest BCUT2D eigenvalue weighted by Crippen LogP contribution is -2.32. The van der Waals surface area contributed by atoms with E-state index in [1.54, 1.807) is 41.6 Å². The Morgan fingerprint density at radius 1 is 1.03 bits per heavy atom. The minimum Gasteiger partial charge on any atom is -0.484 e. The summed E-state index contributed by atoms with van der Waals surface area (Å²) in [5.41, 5.74) is 1.64. The number of likely N-dealkylation sites (tertiary alicyclic amines) is 1. The van der Waals surface area contributed by atoms with E-state index in [9.17, 15) is 13.6 Å². The summed E-state index contributed by atoms with van der Waals surface area (Å²) in [7, 11) is 0. The molecule has 9 heteroatoms. The molecule has 0 aliphatic carbocycles. The van der Waals surface area contributed by atoms with E-state index in [2.05, 4.69) is 20.3 Å². The van der Waals surface area contributed by atoms with Gasteiger partial charge in [0.2, 0.25) is 0 Å². The van der Waals surface area contributed by atoms with Crippen molar-refractivity contribution in [1.29, 1.82) is 0 Å². The second-order valence-electron chi connectivity index (χ2n) is 7.95. The van der Waals surface area contributed by atoms with E-state index in [1.165, 1.54) is 6.07 Å². The predicted octanol–water partition coefficient (Wildman–Crippen LogP) is 4.71. The summed E-state index contributed by atoms with van der Waals surface area (Å²) in [6.45, 7) is 1.45. The molecule has 1 N–H and O–H groups in total. The molecule has 5 rings (SSSR count). The first kappa shape index (κ1) is 21.7. The van der Waals surface area contributed by atoms with Gasteiger partial charge >= 0.3 is 0 Å². The quantitative estimate of drug-likeness (QED) is 0.448. The third-order valence-corrected chi connectivity index (χ3v) is 5.59. The van der Waals surface area contributed by atoms with E-state index < -0.39 is 11.6 Å². The fraction of sp³-hybridized carbons (Fsp3) is 0.200. The molecule has 0 unspecified atom stereocenters. The Morgan fingerprint density at radius 3 is 2.65 bits per heavy atom. The Kier molecular flexibility index (Phi) is 5.99. The first-order valence-electron chi connectivity index (χ1n) is 10.9. The number of hydrogen-bond donors (Lipinski definition) is 1. The van der Waals surface area contributed by atoms with Gasteiger partial charge in [0.1, 0.15) is 11.6 Å². The van der Waals surface area contributed by atoms with Gasteiger partial charge < -0.3 is 15.0 Å². The van der Waals surface area contributed by atoms with Gasteiger partial charge in [-0.05, 0) is 55.3 Å². The van der Waals surface area contributed by atoms with Crippen molar-refractivity contribution in [3.05, 3.63) is 72.6 Å². The normalized spacial score (nSPS) is 13.3. The van der Waals surface area contributed by atoms with Crippen LogP contribution in [0.1, 0.15) is 12.8 Å². The summed E-state index contributed by atoms with van der Waals surface area (Å²) >= 11 is 0. The van der Waals surface area contributed by atoms with Gasteiger partial charge in [0.25, 0.3) is 5.91 Å². The molecular formula is C25H21F2N5O2. The first-order chi connectivity index (χ1) is 16.6. The summed E-state index contributed by atoms with van der Waals surface area (Å²) in [5, 5.41) is 3.65. The van der Waals surface area contributed by atoms with Gasteiger partial charge in [0.05, 0.1) is 5.52 Å². The fourth-order valence-corrected chi connectivity index (χ4v) is 3.83. The molecular weight excluding hydrogens is 440 g/mol. The lowest BCUT2D eigenvalue weighted by Gasteiger charge is -2.16. The number of anilines is 2. The highest BCUT2D eigenvalue weighted by molar-refractivity contribution is 5.93. The molecule has 4 aromatic rings. The molecule has 1 fully saturated rings. The summed E-state index contributed by atoms with van der Waals surface area (Å²) in [6.07, 6.45) is 5.32. The number of nitrogens with one attached hydrogen (secondary N) is 1.